The summed E-state index contributed by atoms with van der Waals surface area (Å²) in [5, 5.41) is -0.937. The van der Waals surface area contributed by atoms with Crippen LogP contribution >= 0.6 is 22.7 Å². The van der Waals surface area contributed by atoms with E-state index in [-0.39, 0.29) is 90.2 Å². The molecule has 0 atom stereocenters. The molecule has 0 saturated carbocycles. The zero-order chi connectivity index (χ0) is 57.7. The molecule has 9 aromatic carbocycles. The average Bonchev–Trinajstić information content (AvgIpc) is 1.27. The van der Waals surface area contributed by atoms with Crippen LogP contribution in [0, 0.1) is 0 Å². The van der Waals surface area contributed by atoms with Gasteiger partial charge in [-0.1, -0.05) is 193 Å². The van der Waals surface area contributed by atoms with Crippen molar-refractivity contribution in [1.29, 1.82) is 0 Å². The van der Waals surface area contributed by atoms with Crippen molar-refractivity contribution in [3.05, 3.63) is 267 Å². The number of rotatable bonds is 14. The minimum absolute atomic E-state index is 0.0223. The first-order valence-corrected chi connectivity index (χ1v) is 27.5. The molecular formula is C64H38N4O14S2. The van der Waals surface area contributed by atoms with Gasteiger partial charge in [-0.15, -0.1) is 0 Å². The molecule has 0 spiro atoms. The molecule has 20 heteroatoms. The summed E-state index contributed by atoms with van der Waals surface area (Å²) < 4.78 is 37.4. The van der Waals surface area contributed by atoms with Crippen molar-refractivity contribution in [2.45, 2.75) is 37.6 Å². The molecule has 2 aliphatic heterocycles. The van der Waals surface area contributed by atoms with Gasteiger partial charge in [0.2, 0.25) is 43.7 Å². The highest BCUT2D eigenvalue weighted by atomic mass is 32.1. The number of aromatic nitrogens is 2. The molecule has 2 aromatic heterocycles. The normalized spacial score (nSPS) is 13.2. The van der Waals surface area contributed by atoms with Crippen molar-refractivity contribution in [1.82, 2.24) is 9.97 Å². The Morgan fingerprint density at radius 3 is 0.929 bits per heavy atom. The summed E-state index contributed by atoms with van der Waals surface area (Å²) in [6.45, 7) is -1.53. The number of hydrogen-bond acceptors (Lipinski definition) is 20. The number of hydrogen-bond donors (Lipinski definition) is 0. The summed E-state index contributed by atoms with van der Waals surface area (Å²) in [7, 11) is 0. The third-order valence-electron chi connectivity index (χ3n) is 14.2. The highest BCUT2D eigenvalue weighted by molar-refractivity contribution is 7.19. The van der Waals surface area contributed by atoms with E-state index in [2.05, 4.69) is 20.0 Å². The first-order chi connectivity index (χ1) is 40.9. The van der Waals surface area contributed by atoms with E-state index in [1.807, 2.05) is 0 Å². The number of benzene rings is 7. The summed E-state index contributed by atoms with van der Waals surface area (Å²) in [5.41, 5.74) is -7.26. The van der Waals surface area contributed by atoms with Gasteiger partial charge in [0.25, 0.3) is 0 Å². The maximum atomic E-state index is 15.5. The van der Waals surface area contributed by atoms with Gasteiger partial charge in [0.15, 0.2) is 10.7 Å². The van der Waals surface area contributed by atoms with Crippen LogP contribution in [0.2, 0.25) is 0 Å². The van der Waals surface area contributed by atoms with E-state index in [0.717, 1.165) is 22.7 Å². The van der Waals surface area contributed by atoms with Crippen molar-refractivity contribution in [2.24, 2.45) is 9.98 Å². The predicted octanol–water partition coefficient (Wildman–Crippen LogP) is 8.05. The minimum atomic E-state index is -2.96. The number of esters is 4. The van der Waals surface area contributed by atoms with Crippen LogP contribution in [0.15, 0.2) is 211 Å². The van der Waals surface area contributed by atoms with Crippen molar-refractivity contribution < 1.29 is 47.6 Å². The Morgan fingerprint density at radius 2 is 0.655 bits per heavy atom. The molecule has 0 unspecified atom stereocenters. The van der Waals surface area contributed by atoms with Crippen LogP contribution in [0.5, 0.6) is 11.8 Å². The van der Waals surface area contributed by atoms with E-state index in [0.29, 0.717) is 22.3 Å². The van der Waals surface area contributed by atoms with Gasteiger partial charge in [-0.3, -0.25) is 19.2 Å². The van der Waals surface area contributed by atoms with Crippen LogP contribution in [-0.4, -0.2) is 33.8 Å². The fraction of sp³-hybridized carbons (Fsp3) is 0.0938. The van der Waals surface area contributed by atoms with Crippen LogP contribution in [-0.2, 0) is 75.8 Å². The highest BCUT2D eigenvalue weighted by Crippen LogP contribution is 2.57. The lowest BCUT2D eigenvalue weighted by molar-refractivity contribution is -0.185. The molecule has 410 valence electrons. The van der Waals surface area contributed by atoms with Crippen molar-refractivity contribution in [3.63, 3.8) is 0 Å². The highest BCUT2D eigenvalue weighted by Gasteiger charge is 2.62. The molecule has 2 aliphatic rings. The van der Waals surface area contributed by atoms with Gasteiger partial charge >= 0.3 is 35.1 Å². The van der Waals surface area contributed by atoms with E-state index >= 15 is 19.2 Å². The molecule has 18 nitrogen and oxygen atoms in total. The second kappa shape index (κ2) is 21.3. The Labute approximate surface area is 480 Å². The topological polar surface area (TPSA) is 242 Å². The van der Waals surface area contributed by atoms with Gasteiger partial charge in [-0.05, 0) is 34.4 Å². The van der Waals surface area contributed by atoms with Crippen LogP contribution < -0.4 is 41.9 Å². The van der Waals surface area contributed by atoms with E-state index in [9.17, 15) is 19.2 Å². The largest absolute Gasteiger partial charge is 0.457 e. The third-order valence-corrected chi connectivity index (χ3v) is 16.1. The molecule has 0 saturated heterocycles. The van der Waals surface area contributed by atoms with Gasteiger partial charge in [0.1, 0.15) is 36.2 Å². The summed E-state index contributed by atoms with van der Waals surface area (Å²) in [4.78, 5) is 135. The maximum Gasteiger partial charge on any atom is 0.367 e. The lowest BCUT2D eigenvalue weighted by atomic mass is 9.79. The molecule has 84 heavy (non-hydrogen) atoms. The Kier molecular flexibility index (Phi) is 13.4. The molecule has 0 fully saturated rings. The Bertz CT molecular complexity index is 4300. The van der Waals surface area contributed by atoms with Crippen LogP contribution in [0.25, 0.3) is 42.4 Å². The quantitative estimate of drug-likeness (QED) is 0.0568. The van der Waals surface area contributed by atoms with Gasteiger partial charge < -0.3 is 28.4 Å². The van der Waals surface area contributed by atoms with E-state index in [1.54, 1.807) is 146 Å². The molecule has 0 amide bonds. The van der Waals surface area contributed by atoms with Crippen molar-refractivity contribution in [3.8, 4) is 32.6 Å². The summed E-state index contributed by atoms with van der Waals surface area (Å²) in [5.74, 6) is -6.06. The van der Waals surface area contributed by atoms with Gasteiger partial charge in [-0.2, -0.15) is 9.97 Å². The van der Waals surface area contributed by atoms with Crippen molar-refractivity contribution >= 4 is 78.4 Å². The van der Waals surface area contributed by atoms with Crippen molar-refractivity contribution in [2.75, 3.05) is 0 Å². The molecule has 0 N–H and O–H groups in total. The Morgan fingerprint density at radius 1 is 0.393 bits per heavy atom. The monoisotopic (exact) mass is 1150 g/mol. The second-order valence-corrected chi connectivity index (χ2v) is 21.3. The number of carbonyl (C=O) groups is 4. The molecular weight excluding hydrogens is 1110 g/mol. The molecule has 0 radical (unpaired) electrons. The summed E-state index contributed by atoms with van der Waals surface area (Å²) in [6, 6.07) is 49.4. The summed E-state index contributed by atoms with van der Waals surface area (Å²) in [6.07, 6.45) is 0. The number of thiazole rings is 2. The SMILES string of the molecule is O=C(OCc1ccccc1)C1(C(=O)OCc2ccccc2)Oc2nc(N=c3c(=O)c4ccccc4c3=O)sc2-c2cc3c(cc21)-c1sc(N=c2c(=O)c4ccccc4c2=O)nc1OC3(C(=O)OCc1ccccc1)C(=O)OCc1ccccc1. The van der Waals surface area contributed by atoms with E-state index in [4.69, 9.17) is 28.4 Å². The van der Waals surface area contributed by atoms with Crippen LogP contribution in [0.4, 0.5) is 10.3 Å². The third kappa shape index (κ3) is 9.05. The smallest absolute Gasteiger partial charge is 0.367 e. The van der Waals surface area contributed by atoms with E-state index < -0.39 is 79.3 Å². The lowest BCUT2D eigenvalue weighted by Gasteiger charge is -2.38. The van der Waals surface area contributed by atoms with Gasteiger partial charge in [-0.25, -0.2) is 29.2 Å². The minimum Gasteiger partial charge on any atom is -0.457 e. The fourth-order valence-corrected chi connectivity index (χ4v) is 11.9. The zero-order valence-corrected chi connectivity index (χ0v) is 45.1. The van der Waals surface area contributed by atoms with Gasteiger partial charge in [0.05, 0.1) is 0 Å². The molecule has 11 aromatic rings. The second-order valence-electron chi connectivity index (χ2n) is 19.3. The van der Waals surface area contributed by atoms with Crippen LogP contribution in [0.3, 0.4) is 0 Å². The fourth-order valence-electron chi connectivity index (χ4n) is 10.1. The lowest BCUT2D eigenvalue weighted by Crippen LogP contribution is -2.54. The summed E-state index contributed by atoms with van der Waals surface area (Å²) >= 11 is 1.56. The van der Waals surface area contributed by atoms with Crippen LogP contribution in [0.1, 0.15) is 33.4 Å². The average molecular weight is 1150 g/mol. The first-order valence-electron chi connectivity index (χ1n) is 25.9. The first kappa shape index (κ1) is 52.7. The number of nitrogens with zero attached hydrogens (tertiary/aromatic N) is 4. The number of fused-ring (bicyclic) bond motifs is 8. The molecule has 0 bridgehead atoms. The molecule has 13 rings (SSSR count). The molecule has 4 heterocycles. The van der Waals surface area contributed by atoms with E-state index in [1.165, 1.54) is 36.4 Å². The zero-order valence-electron chi connectivity index (χ0n) is 43.5. The Hall–Kier alpha value is -10.7. The number of carbonyl (C=O) groups excluding carboxylic acids is 4. The Balaban J connectivity index is 1.08. The maximum absolute atomic E-state index is 15.5. The van der Waals surface area contributed by atoms with Gasteiger partial charge in [0, 0.05) is 43.8 Å². The number of ether oxygens (including phenoxy) is 6. The molecule has 0 aliphatic carbocycles. The predicted molar refractivity (Wildman–Crippen MR) is 306 cm³/mol. The standard InChI is InChI=1S/C64H38N4O14S2/c69-49-39-25-13-14-26-40(39)50(70)47(49)65-61-67-55-53(83-61)43-30-46-44(29-45(43)63(81-55,57(73)77-31-35-17-5-1-6-18-35)58(74)78-32-36-19-7-2-8-20-36)54-56(68-62(84-54)66-48-51(71)41-27-15-16-28-42(41)52(48)72)82-64(46,59(75)79-33-37-21-9-3-10-22-37)60(76)80-34-38-23-11-4-12-24-38/h1-30H,31-34H2.